The molecule has 1 heterocycles. The predicted molar refractivity (Wildman–Crippen MR) is 92.7 cm³/mol. The summed E-state index contributed by atoms with van der Waals surface area (Å²) in [5.74, 6) is -0.258. The van der Waals surface area contributed by atoms with Gasteiger partial charge in [0.05, 0.1) is 5.25 Å². The normalized spacial score (nSPS) is 30.8. The summed E-state index contributed by atoms with van der Waals surface area (Å²) in [6.07, 6.45) is 12.3. The van der Waals surface area contributed by atoms with E-state index >= 15 is 0 Å². The fourth-order valence-corrected chi connectivity index (χ4v) is 5.69. The third-order valence-electron chi connectivity index (χ3n) is 5.41. The highest BCUT2D eigenvalue weighted by Gasteiger charge is 2.44. The first kappa shape index (κ1) is 17.1. The Hall–Kier alpha value is -0.750. The minimum Gasteiger partial charge on any atom is -0.370 e. The molecule has 3 aliphatic rings. The van der Waals surface area contributed by atoms with Gasteiger partial charge in [-0.25, -0.2) is 0 Å². The van der Waals surface area contributed by atoms with Crippen LogP contribution in [0, 0.1) is 0 Å². The van der Waals surface area contributed by atoms with Crippen molar-refractivity contribution in [2.24, 2.45) is 5.73 Å². The van der Waals surface area contributed by atoms with E-state index in [4.69, 9.17) is 5.73 Å². The van der Waals surface area contributed by atoms with Gasteiger partial charge in [-0.05, 0) is 25.7 Å². The summed E-state index contributed by atoms with van der Waals surface area (Å²) in [6.45, 7) is 0. The minimum atomic E-state index is -0.377. The molecule has 6 heteroatoms. The van der Waals surface area contributed by atoms with Crippen LogP contribution in [0.2, 0.25) is 0 Å². The van der Waals surface area contributed by atoms with Gasteiger partial charge in [0.25, 0.3) is 0 Å². The summed E-state index contributed by atoms with van der Waals surface area (Å²) in [6, 6.07) is 0.843. The molecule has 3 fully saturated rings. The molecule has 3 N–H and O–H groups in total. The average Bonchev–Trinajstić information content (AvgIpc) is 2.84. The van der Waals surface area contributed by atoms with Crippen molar-refractivity contribution in [3.05, 3.63) is 0 Å². The van der Waals surface area contributed by atoms with E-state index in [0.29, 0.717) is 12.1 Å². The van der Waals surface area contributed by atoms with Crippen molar-refractivity contribution in [2.75, 3.05) is 0 Å². The number of carbonyl (C=O) groups excluding carboxylic acids is 2. The van der Waals surface area contributed by atoms with Gasteiger partial charge in [-0.2, -0.15) is 0 Å². The fourth-order valence-electron chi connectivity index (χ4n) is 4.20. The van der Waals surface area contributed by atoms with Gasteiger partial charge in [0.15, 0.2) is 0 Å². The first-order valence-electron chi connectivity index (χ1n) is 9.17. The van der Waals surface area contributed by atoms with Crippen LogP contribution in [0.5, 0.6) is 0 Å². The van der Waals surface area contributed by atoms with E-state index in [2.05, 4.69) is 10.2 Å². The van der Waals surface area contributed by atoms with Crippen LogP contribution in [0.3, 0.4) is 0 Å². The molecule has 0 aromatic rings. The Morgan fingerprint density at radius 1 is 1.09 bits per heavy atom. The van der Waals surface area contributed by atoms with Gasteiger partial charge in [-0.1, -0.05) is 38.5 Å². The van der Waals surface area contributed by atoms with Gasteiger partial charge >= 0.3 is 0 Å². The van der Waals surface area contributed by atoms with E-state index < -0.39 is 0 Å². The third kappa shape index (κ3) is 4.21. The minimum absolute atomic E-state index is 0.0260. The maximum absolute atomic E-state index is 12.8. The highest BCUT2D eigenvalue weighted by atomic mass is 32.2. The van der Waals surface area contributed by atoms with Crippen LogP contribution in [0.1, 0.15) is 70.6 Å². The van der Waals surface area contributed by atoms with Crippen molar-refractivity contribution in [1.29, 1.82) is 0 Å². The van der Waals surface area contributed by atoms with Crippen LogP contribution >= 0.6 is 11.8 Å². The molecule has 0 aromatic heterocycles. The Morgan fingerprint density at radius 3 is 2.30 bits per heavy atom. The Kier molecular flexibility index (Phi) is 5.85. The van der Waals surface area contributed by atoms with E-state index in [-0.39, 0.29) is 29.0 Å². The van der Waals surface area contributed by atoms with Crippen LogP contribution < -0.4 is 11.1 Å². The monoisotopic (exact) mass is 339 g/mol. The van der Waals surface area contributed by atoms with Gasteiger partial charge < -0.3 is 10.6 Å². The molecule has 0 radical (unpaired) electrons. The molecule has 0 bridgehead atoms. The Bertz CT molecular complexity index is 434. The van der Waals surface area contributed by atoms with Crippen LogP contribution in [0.4, 0.5) is 0 Å². The largest absolute Gasteiger partial charge is 0.370 e. The van der Waals surface area contributed by atoms with Crippen molar-refractivity contribution in [3.63, 3.8) is 0 Å². The quantitative estimate of drug-likeness (QED) is 0.806. The van der Waals surface area contributed by atoms with Crippen LogP contribution in [0.25, 0.3) is 0 Å². The topological polar surface area (TPSA) is 75.4 Å². The molecule has 130 valence electrons. The smallest absolute Gasteiger partial charge is 0.238 e. The van der Waals surface area contributed by atoms with Gasteiger partial charge in [0.1, 0.15) is 5.50 Å². The van der Waals surface area contributed by atoms with Gasteiger partial charge in [-0.3, -0.25) is 14.9 Å². The number of amides is 2. The number of thioether (sulfide) groups is 1. The van der Waals surface area contributed by atoms with Gasteiger partial charge in [-0.15, -0.1) is 11.8 Å². The number of primary amides is 1. The van der Waals surface area contributed by atoms with Crippen molar-refractivity contribution in [3.8, 4) is 0 Å². The number of hydrogen-bond donors (Lipinski definition) is 2. The molecule has 3 rings (SSSR count). The number of carbonyl (C=O) groups is 2. The average molecular weight is 340 g/mol. The Labute approximate surface area is 143 Å². The zero-order chi connectivity index (χ0) is 16.2. The maximum Gasteiger partial charge on any atom is 0.238 e. The Balaban J connectivity index is 1.69. The van der Waals surface area contributed by atoms with Crippen molar-refractivity contribution in [2.45, 2.75) is 93.5 Å². The molecule has 1 saturated heterocycles. The first-order chi connectivity index (χ1) is 11.1. The highest BCUT2D eigenvalue weighted by Crippen LogP contribution is 2.38. The van der Waals surface area contributed by atoms with Gasteiger partial charge in [0, 0.05) is 18.5 Å². The number of hydrogen-bond acceptors (Lipinski definition) is 4. The lowest BCUT2D eigenvalue weighted by Gasteiger charge is -2.37. The van der Waals surface area contributed by atoms with Crippen molar-refractivity contribution in [1.82, 2.24) is 10.2 Å². The van der Waals surface area contributed by atoms with Crippen LogP contribution in [-0.4, -0.2) is 39.5 Å². The molecule has 2 atom stereocenters. The highest BCUT2D eigenvalue weighted by molar-refractivity contribution is 8.01. The molecule has 2 amide bonds. The van der Waals surface area contributed by atoms with Gasteiger partial charge in [0.2, 0.25) is 11.8 Å². The van der Waals surface area contributed by atoms with Crippen LogP contribution in [-0.2, 0) is 9.59 Å². The van der Waals surface area contributed by atoms with Crippen molar-refractivity contribution < 1.29 is 9.59 Å². The van der Waals surface area contributed by atoms with Crippen molar-refractivity contribution >= 4 is 23.6 Å². The number of nitrogens with two attached hydrogens (primary N) is 1. The lowest BCUT2D eigenvalue weighted by Crippen LogP contribution is -2.52. The standard InChI is InChI=1S/C17H29N3O2S/c18-15(21)11-14-16(22)20(13-9-5-2-6-10-13)17(23-14)19-12-7-3-1-4-8-12/h12-14,17,19H,1-11H2,(H2,18,21). The molecule has 23 heavy (non-hydrogen) atoms. The Morgan fingerprint density at radius 2 is 1.70 bits per heavy atom. The SMILES string of the molecule is NC(=O)CC1SC(NC2CCCCC2)N(C2CCCCC2)C1=O. The van der Waals surface area contributed by atoms with Crippen LogP contribution in [0.15, 0.2) is 0 Å². The zero-order valence-corrected chi connectivity index (χ0v) is 14.7. The third-order valence-corrected chi connectivity index (χ3v) is 6.73. The predicted octanol–water partition coefficient (Wildman–Crippen LogP) is 2.34. The second-order valence-corrected chi connectivity index (χ2v) is 8.47. The lowest BCUT2D eigenvalue weighted by atomic mass is 9.93. The molecule has 5 nitrogen and oxygen atoms in total. The van der Waals surface area contributed by atoms with E-state index in [9.17, 15) is 9.59 Å². The fraction of sp³-hybridized carbons (Fsp3) is 0.882. The number of nitrogens with zero attached hydrogens (tertiary/aromatic N) is 1. The van der Waals surface area contributed by atoms with E-state index in [1.807, 2.05) is 0 Å². The number of rotatable bonds is 5. The lowest BCUT2D eigenvalue weighted by molar-refractivity contribution is -0.135. The summed E-state index contributed by atoms with van der Waals surface area (Å²) in [5, 5.41) is 3.42. The molecular formula is C17H29N3O2S. The first-order valence-corrected chi connectivity index (χ1v) is 10.1. The number of nitrogens with one attached hydrogen (secondary N) is 1. The zero-order valence-electron chi connectivity index (χ0n) is 13.8. The second-order valence-electron chi connectivity index (χ2n) is 7.19. The van der Waals surface area contributed by atoms with E-state index in [0.717, 1.165) is 12.8 Å². The summed E-state index contributed by atoms with van der Waals surface area (Å²) in [4.78, 5) is 26.2. The molecule has 2 unspecified atom stereocenters. The molecule has 2 saturated carbocycles. The molecule has 0 aromatic carbocycles. The van der Waals surface area contributed by atoms with E-state index in [1.54, 1.807) is 11.8 Å². The molecule has 2 aliphatic carbocycles. The maximum atomic E-state index is 12.8. The summed E-state index contributed by atoms with van der Waals surface area (Å²) in [7, 11) is 0. The molecule has 0 spiro atoms. The molecule has 1 aliphatic heterocycles. The molecular weight excluding hydrogens is 310 g/mol. The summed E-state index contributed by atoms with van der Waals surface area (Å²) >= 11 is 1.61. The summed E-state index contributed by atoms with van der Waals surface area (Å²) < 4.78 is 0. The summed E-state index contributed by atoms with van der Waals surface area (Å²) in [5.41, 5.74) is 5.37. The van der Waals surface area contributed by atoms with E-state index in [1.165, 1.54) is 51.4 Å². The second kappa shape index (κ2) is 7.88.